The van der Waals surface area contributed by atoms with Crippen LogP contribution < -0.4 is 10.1 Å². The minimum Gasteiger partial charge on any atom is -0.497 e. The molecule has 0 radical (unpaired) electrons. The van der Waals surface area contributed by atoms with Crippen LogP contribution in [0, 0.1) is 12.8 Å². The Bertz CT molecular complexity index is 744. The Balaban J connectivity index is 1.77. The first kappa shape index (κ1) is 18.2. The quantitative estimate of drug-likeness (QED) is 0.866. The summed E-state index contributed by atoms with van der Waals surface area (Å²) in [5, 5.41) is 16.8. The summed E-state index contributed by atoms with van der Waals surface area (Å²) in [5.74, 6) is 1.27. The maximum Gasteiger partial charge on any atom is 0.323 e. The molecule has 1 fully saturated rings. The molecule has 3 rings (SSSR count). The van der Waals surface area contributed by atoms with Crippen LogP contribution in [-0.2, 0) is 4.74 Å². The number of anilines is 1. The van der Waals surface area contributed by atoms with Crippen molar-refractivity contribution in [3.63, 3.8) is 0 Å². The van der Waals surface area contributed by atoms with Crippen molar-refractivity contribution >= 4 is 11.8 Å². The maximum atomic E-state index is 12.7. The summed E-state index contributed by atoms with van der Waals surface area (Å²) in [6, 6.07) is 9.03. The fourth-order valence-electron chi connectivity index (χ4n) is 2.87. The highest BCUT2D eigenvalue weighted by atomic mass is 16.5. The largest absolute Gasteiger partial charge is 0.497 e. The van der Waals surface area contributed by atoms with E-state index in [1.807, 2.05) is 37.3 Å². The summed E-state index contributed by atoms with van der Waals surface area (Å²) in [7, 11) is 1.61. The van der Waals surface area contributed by atoms with Crippen LogP contribution in [0.15, 0.2) is 30.3 Å². The second kappa shape index (κ2) is 8.20. The van der Waals surface area contributed by atoms with Gasteiger partial charge >= 0.3 is 6.03 Å². The van der Waals surface area contributed by atoms with Gasteiger partial charge in [-0.25, -0.2) is 9.48 Å². The van der Waals surface area contributed by atoms with E-state index in [9.17, 15) is 9.90 Å². The summed E-state index contributed by atoms with van der Waals surface area (Å²) in [4.78, 5) is 14.4. The molecule has 2 N–H and O–H groups in total. The van der Waals surface area contributed by atoms with Crippen LogP contribution in [0.25, 0.3) is 5.69 Å². The number of aliphatic hydroxyl groups excluding tert-OH is 1. The van der Waals surface area contributed by atoms with Crippen molar-refractivity contribution in [1.29, 1.82) is 0 Å². The fraction of sp³-hybridized carbons (Fsp3) is 0.444. The number of methoxy groups -OCH3 is 1. The third-order valence-electron chi connectivity index (χ3n) is 4.27. The Morgan fingerprint density at radius 2 is 2.19 bits per heavy atom. The maximum absolute atomic E-state index is 12.7. The Morgan fingerprint density at radius 1 is 1.42 bits per heavy atom. The number of nitrogens with one attached hydrogen (secondary N) is 1. The summed E-state index contributed by atoms with van der Waals surface area (Å²) >= 11 is 0. The number of aliphatic hydroxyl groups is 1. The van der Waals surface area contributed by atoms with Gasteiger partial charge in [-0.05, 0) is 31.2 Å². The van der Waals surface area contributed by atoms with Crippen molar-refractivity contribution in [3.8, 4) is 11.4 Å². The van der Waals surface area contributed by atoms with E-state index in [2.05, 4.69) is 10.4 Å². The standard InChI is InChI=1S/C18H24N4O4/c1-13-9-17(22(20-13)15-3-5-16(25-2)6-4-15)19-18(24)21-7-8-26-12-14(10-21)11-23/h3-6,9,14,23H,7-8,10-12H2,1-2H3,(H,19,24). The average Bonchev–Trinajstić information content (AvgIpc) is 2.87. The van der Waals surface area contributed by atoms with Gasteiger partial charge in [-0.2, -0.15) is 5.10 Å². The summed E-state index contributed by atoms with van der Waals surface area (Å²) in [6.07, 6.45) is 0. The summed E-state index contributed by atoms with van der Waals surface area (Å²) in [5.41, 5.74) is 1.62. The molecule has 26 heavy (non-hydrogen) atoms. The number of hydrogen-bond acceptors (Lipinski definition) is 5. The molecule has 1 saturated heterocycles. The molecular weight excluding hydrogens is 336 g/mol. The lowest BCUT2D eigenvalue weighted by atomic mass is 10.2. The van der Waals surface area contributed by atoms with Gasteiger partial charge in [0.1, 0.15) is 11.6 Å². The molecule has 1 unspecified atom stereocenters. The van der Waals surface area contributed by atoms with E-state index in [0.717, 1.165) is 17.1 Å². The van der Waals surface area contributed by atoms with E-state index in [1.165, 1.54) is 0 Å². The lowest BCUT2D eigenvalue weighted by Gasteiger charge is -2.23. The highest BCUT2D eigenvalue weighted by Crippen LogP contribution is 2.20. The van der Waals surface area contributed by atoms with Gasteiger partial charge in [-0.3, -0.25) is 5.32 Å². The number of rotatable bonds is 4. The number of amides is 2. The van der Waals surface area contributed by atoms with Crippen LogP contribution in [0.3, 0.4) is 0 Å². The van der Waals surface area contributed by atoms with E-state index in [0.29, 0.717) is 32.1 Å². The zero-order chi connectivity index (χ0) is 18.5. The van der Waals surface area contributed by atoms with Gasteiger partial charge in [0.2, 0.25) is 0 Å². The van der Waals surface area contributed by atoms with Crippen molar-refractivity contribution in [2.45, 2.75) is 6.92 Å². The number of carbonyl (C=O) groups is 1. The van der Waals surface area contributed by atoms with Crippen LogP contribution in [0.2, 0.25) is 0 Å². The fourth-order valence-corrected chi connectivity index (χ4v) is 2.87. The van der Waals surface area contributed by atoms with Gasteiger partial charge < -0.3 is 19.5 Å². The molecule has 2 heterocycles. The second-order valence-electron chi connectivity index (χ2n) is 6.28. The number of carbonyl (C=O) groups excluding carboxylic acids is 1. The normalized spacial score (nSPS) is 17.7. The van der Waals surface area contributed by atoms with E-state index >= 15 is 0 Å². The molecule has 1 aliphatic rings. The van der Waals surface area contributed by atoms with Gasteiger partial charge in [-0.1, -0.05) is 0 Å². The van der Waals surface area contributed by atoms with E-state index in [4.69, 9.17) is 9.47 Å². The Morgan fingerprint density at radius 3 is 2.88 bits per heavy atom. The minimum absolute atomic E-state index is 0.00727. The van der Waals surface area contributed by atoms with E-state index < -0.39 is 0 Å². The van der Waals surface area contributed by atoms with E-state index in [-0.39, 0.29) is 18.6 Å². The summed E-state index contributed by atoms with van der Waals surface area (Å²) in [6.45, 7) is 3.73. The van der Waals surface area contributed by atoms with Crippen molar-refractivity contribution in [2.24, 2.45) is 5.92 Å². The lowest BCUT2D eigenvalue weighted by molar-refractivity contribution is 0.0958. The molecular formula is C18H24N4O4. The molecule has 8 heteroatoms. The molecule has 8 nitrogen and oxygen atoms in total. The predicted octanol–water partition coefficient (Wildman–Crippen LogP) is 1.66. The third kappa shape index (κ3) is 4.14. The van der Waals surface area contributed by atoms with E-state index in [1.54, 1.807) is 16.7 Å². The molecule has 1 aromatic carbocycles. The van der Waals surface area contributed by atoms with Crippen LogP contribution in [0.1, 0.15) is 5.69 Å². The monoisotopic (exact) mass is 360 g/mol. The topological polar surface area (TPSA) is 88.9 Å². The van der Waals surface area contributed by atoms with Gasteiger partial charge in [0, 0.05) is 31.7 Å². The Hall–Kier alpha value is -2.58. The second-order valence-corrected chi connectivity index (χ2v) is 6.28. The van der Waals surface area contributed by atoms with Crippen molar-refractivity contribution in [3.05, 3.63) is 36.0 Å². The number of urea groups is 1. The first-order valence-corrected chi connectivity index (χ1v) is 8.56. The molecule has 0 aliphatic carbocycles. The number of ether oxygens (including phenoxy) is 2. The van der Waals surface area contributed by atoms with Crippen molar-refractivity contribution in [2.75, 3.05) is 45.3 Å². The Kier molecular flexibility index (Phi) is 5.75. The number of nitrogens with zero attached hydrogens (tertiary/aromatic N) is 3. The number of aromatic nitrogens is 2. The predicted molar refractivity (Wildman–Crippen MR) is 96.8 cm³/mol. The van der Waals surface area contributed by atoms with Gasteiger partial charge in [0.25, 0.3) is 0 Å². The van der Waals surface area contributed by atoms with Crippen LogP contribution in [0.4, 0.5) is 10.6 Å². The molecule has 0 spiro atoms. The highest BCUT2D eigenvalue weighted by Gasteiger charge is 2.23. The molecule has 140 valence electrons. The lowest BCUT2D eigenvalue weighted by Crippen LogP contribution is -2.40. The smallest absolute Gasteiger partial charge is 0.323 e. The molecule has 1 aliphatic heterocycles. The van der Waals surface area contributed by atoms with Crippen LogP contribution in [0.5, 0.6) is 5.75 Å². The number of aryl methyl sites for hydroxylation is 1. The Labute approximate surface area is 152 Å². The SMILES string of the molecule is COc1ccc(-n2nc(C)cc2NC(=O)N2CCOCC(CO)C2)cc1. The first-order chi connectivity index (χ1) is 12.6. The minimum atomic E-state index is -0.233. The van der Waals surface area contributed by atoms with Gasteiger partial charge in [0.15, 0.2) is 0 Å². The molecule has 1 aromatic heterocycles. The molecule has 0 bridgehead atoms. The average molecular weight is 360 g/mol. The highest BCUT2D eigenvalue weighted by molar-refractivity contribution is 5.88. The van der Waals surface area contributed by atoms with Crippen LogP contribution >= 0.6 is 0 Å². The summed E-state index contributed by atoms with van der Waals surface area (Å²) < 4.78 is 12.3. The van der Waals surface area contributed by atoms with Crippen molar-refractivity contribution < 1.29 is 19.4 Å². The molecule has 2 amide bonds. The van der Waals surface area contributed by atoms with Gasteiger partial charge in [-0.15, -0.1) is 0 Å². The zero-order valence-electron chi connectivity index (χ0n) is 15.0. The number of hydrogen-bond donors (Lipinski definition) is 2. The third-order valence-corrected chi connectivity index (χ3v) is 4.27. The molecule has 2 aromatic rings. The number of benzene rings is 1. The van der Waals surface area contributed by atoms with Crippen LogP contribution in [-0.4, -0.2) is 65.8 Å². The molecule has 1 atom stereocenters. The molecule has 0 saturated carbocycles. The zero-order valence-corrected chi connectivity index (χ0v) is 15.0. The first-order valence-electron chi connectivity index (χ1n) is 8.56. The van der Waals surface area contributed by atoms with Crippen molar-refractivity contribution in [1.82, 2.24) is 14.7 Å². The van der Waals surface area contributed by atoms with Gasteiger partial charge in [0.05, 0.1) is 31.7 Å².